The molecular weight excluding hydrogens is 553 g/mol. The number of aromatic nitrogens is 2. The second kappa shape index (κ2) is 7.17. The predicted molar refractivity (Wildman–Crippen MR) is 93.7 cm³/mol. The van der Waals surface area contributed by atoms with Crippen LogP contribution in [0.15, 0.2) is 15.6 Å². The van der Waals surface area contributed by atoms with Crippen molar-refractivity contribution in [3.8, 4) is 5.69 Å². The lowest BCUT2D eigenvalue weighted by Crippen LogP contribution is -2.21. The molecule has 0 atom stereocenters. The largest absolute Gasteiger partial charge is 0.419 e. The smallest absolute Gasteiger partial charge is 0.222 e. The van der Waals surface area contributed by atoms with Crippen LogP contribution in [0.4, 0.5) is 22.0 Å². The average Bonchev–Trinajstić information content (AvgIpc) is 2.76. The van der Waals surface area contributed by atoms with E-state index < -0.39 is 56.5 Å². The number of hydrogen-bond acceptors (Lipinski definition) is 3. The molecule has 27 heavy (non-hydrogen) atoms. The number of alkyl halides is 6. The Morgan fingerprint density at radius 3 is 2.15 bits per heavy atom. The first-order chi connectivity index (χ1) is 12.0. The maximum atomic E-state index is 14.1. The first-order valence-electron chi connectivity index (χ1n) is 6.33. The van der Waals surface area contributed by atoms with E-state index in [-0.39, 0.29) is 11.8 Å². The van der Waals surface area contributed by atoms with Crippen molar-refractivity contribution >= 4 is 72.2 Å². The van der Waals surface area contributed by atoms with Gasteiger partial charge in [-0.3, -0.25) is 0 Å². The quantitative estimate of drug-likeness (QED) is 0.255. The van der Waals surface area contributed by atoms with Gasteiger partial charge in [0.15, 0.2) is 5.82 Å². The Morgan fingerprint density at radius 1 is 1.19 bits per heavy atom. The number of benzene rings is 1. The SMILES string of the molecule is Cc1nn(-c2c(Cl)cc(C(F)(F)F)c(F)c2Cl)c(Br)c1S(=O)(=O)C(F)(Cl)Cl. The van der Waals surface area contributed by atoms with Crippen molar-refractivity contribution in [2.24, 2.45) is 0 Å². The Bertz CT molecular complexity index is 1030. The van der Waals surface area contributed by atoms with E-state index in [1.165, 1.54) is 0 Å². The summed E-state index contributed by atoms with van der Waals surface area (Å²) in [5.41, 5.74) is -2.72. The van der Waals surface area contributed by atoms with Crippen molar-refractivity contribution < 1.29 is 30.4 Å². The summed E-state index contributed by atoms with van der Waals surface area (Å²) in [7, 11) is -5.02. The second-order valence-electron chi connectivity index (χ2n) is 4.95. The summed E-state index contributed by atoms with van der Waals surface area (Å²) in [4.78, 5) is -0.831. The minimum Gasteiger partial charge on any atom is -0.222 e. The highest BCUT2D eigenvalue weighted by molar-refractivity contribution is 9.10. The highest BCUT2D eigenvalue weighted by Gasteiger charge is 2.46. The van der Waals surface area contributed by atoms with Crippen LogP contribution in [0.5, 0.6) is 0 Å². The molecule has 1 aromatic heterocycles. The van der Waals surface area contributed by atoms with E-state index in [2.05, 4.69) is 21.0 Å². The molecule has 0 aliphatic carbocycles. The normalized spacial score (nSPS) is 13.3. The van der Waals surface area contributed by atoms with Gasteiger partial charge in [0.2, 0.25) is 9.84 Å². The van der Waals surface area contributed by atoms with E-state index in [1.54, 1.807) is 0 Å². The summed E-state index contributed by atoms with van der Waals surface area (Å²) in [5, 5.41) is 1.91. The fourth-order valence-electron chi connectivity index (χ4n) is 2.04. The van der Waals surface area contributed by atoms with Crippen LogP contribution >= 0.6 is 62.3 Å². The molecule has 0 saturated carbocycles. The molecule has 0 unspecified atom stereocenters. The maximum Gasteiger partial charge on any atom is 0.419 e. The van der Waals surface area contributed by atoms with Crippen molar-refractivity contribution in [1.82, 2.24) is 9.78 Å². The Kier molecular flexibility index (Phi) is 6.10. The molecule has 0 amide bonds. The third-order valence-corrected chi connectivity index (χ3v) is 7.66. The summed E-state index contributed by atoms with van der Waals surface area (Å²) < 4.78 is 86.9. The molecule has 1 aromatic carbocycles. The predicted octanol–water partition coefficient (Wildman–Crippen LogP) is 6.24. The van der Waals surface area contributed by atoms with Crippen LogP contribution < -0.4 is 0 Å². The maximum absolute atomic E-state index is 14.1. The van der Waals surface area contributed by atoms with Crippen molar-refractivity contribution in [3.05, 3.63) is 37.8 Å². The van der Waals surface area contributed by atoms with Gasteiger partial charge in [-0.15, -0.1) is 0 Å². The van der Waals surface area contributed by atoms with Gasteiger partial charge in [0.25, 0.3) is 0 Å². The summed E-state index contributed by atoms with van der Waals surface area (Å²) in [6.07, 6.45) is -5.09. The standard InChI is InChI=1S/C12H4BrCl4F5N2O2S/c1-3-9(27(25,26)12(16,17)22)10(13)24(23-3)8-5(14)2-4(11(19,20)21)7(18)6(8)15/h2H,1H3. The topological polar surface area (TPSA) is 52.0 Å². The Hall–Kier alpha value is -0.330. The van der Waals surface area contributed by atoms with Crippen LogP contribution in [-0.4, -0.2) is 22.1 Å². The molecule has 15 heteroatoms. The van der Waals surface area contributed by atoms with Gasteiger partial charge in [-0.1, -0.05) is 23.2 Å². The van der Waals surface area contributed by atoms with Crippen molar-refractivity contribution in [3.63, 3.8) is 0 Å². The van der Waals surface area contributed by atoms with Gasteiger partial charge in [-0.25, -0.2) is 17.5 Å². The number of hydrogen-bond donors (Lipinski definition) is 0. The molecule has 2 rings (SSSR count). The molecule has 0 radical (unpaired) electrons. The van der Waals surface area contributed by atoms with E-state index in [0.717, 1.165) is 6.92 Å². The molecule has 0 fully saturated rings. The molecule has 0 saturated heterocycles. The Morgan fingerprint density at radius 2 is 1.70 bits per heavy atom. The van der Waals surface area contributed by atoms with Gasteiger partial charge in [-0.05, 0) is 52.1 Å². The zero-order valence-corrected chi connectivity index (χ0v) is 17.9. The van der Waals surface area contributed by atoms with Crippen LogP contribution in [0.2, 0.25) is 10.0 Å². The molecule has 1 heterocycles. The first kappa shape index (κ1) is 23.0. The Balaban J connectivity index is 2.84. The van der Waals surface area contributed by atoms with Crippen LogP contribution in [0.3, 0.4) is 0 Å². The van der Waals surface area contributed by atoms with E-state index in [4.69, 9.17) is 46.4 Å². The summed E-state index contributed by atoms with van der Waals surface area (Å²) in [5.74, 6) is -1.86. The first-order valence-corrected chi connectivity index (χ1v) is 10.1. The monoisotopic (exact) mass is 554 g/mol. The average molecular weight is 557 g/mol. The third kappa shape index (κ3) is 3.91. The van der Waals surface area contributed by atoms with Crippen LogP contribution in [-0.2, 0) is 16.0 Å². The van der Waals surface area contributed by atoms with E-state index >= 15 is 0 Å². The zero-order chi connectivity index (χ0) is 21.1. The number of sulfone groups is 1. The van der Waals surface area contributed by atoms with Gasteiger partial charge < -0.3 is 0 Å². The van der Waals surface area contributed by atoms with Gasteiger partial charge in [0.1, 0.15) is 20.2 Å². The lowest BCUT2D eigenvalue weighted by molar-refractivity contribution is -0.139. The molecule has 0 N–H and O–H groups in total. The fraction of sp³-hybridized carbons (Fsp3) is 0.250. The van der Waals surface area contributed by atoms with E-state index in [9.17, 15) is 30.4 Å². The van der Waals surface area contributed by atoms with E-state index in [0.29, 0.717) is 4.68 Å². The molecule has 150 valence electrons. The van der Waals surface area contributed by atoms with Gasteiger partial charge in [0, 0.05) is 0 Å². The number of rotatable bonds is 3. The van der Waals surface area contributed by atoms with Crippen molar-refractivity contribution in [2.75, 3.05) is 0 Å². The summed E-state index contributed by atoms with van der Waals surface area (Å²) in [6.45, 7) is 1.11. The lowest BCUT2D eigenvalue weighted by atomic mass is 10.2. The van der Waals surface area contributed by atoms with Crippen molar-refractivity contribution in [2.45, 2.75) is 21.9 Å². The minimum absolute atomic E-state index is 0.248. The molecule has 0 aliphatic rings. The number of halogens is 10. The highest BCUT2D eigenvalue weighted by atomic mass is 79.9. The number of aryl methyl sites for hydroxylation is 1. The highest BCUT2D eigenvalue weighted by Crippen LogP contribution is 2.44. The van der Waals surface area contributed by atoms with E-state index in [1.807, 2.05) is 0 Å². The van der Waals surface area contributed by atoms with Gasteiger partial charge in [0.05, 0.1) is 16.3 Å². The number of nitrogens with zero attached hydrogens (tertiary/aromatic N) is 2. The fourth-order valence-corrected chi connectivity index (χ4v) is 5.27. The van der Waals surface area contributed by atoms with Gasteiger partial charge >= 0.3 is 10.1 Å². The Labute approximate surface area is 177 Å². The molecular formula is C12H4BrCl4F5N2O2S. The van der Waals surface area contributed by atoms with Crippen LogP contribution in [0.1, 0.15) is 11.3 Å². The summed E-state index contributed by atoms with van der Waals surface area (Å²) in [6, 6.07) is 0.248. The molecule has 0 spiro atoms. The second-order valence-corrected chi connectivity index (χ2v) is 10.1. The molecule has 4 nitrogen and oxygen atoms in total. The van der Waals surface area contributed by atoms with Gasteiger partial charge in [-0.2, -0.15) is 22.7 Å². The minimum atomic E-state index is -5.09. The zero-order valence-electron chi connectivity index (χ0n) is 12.5. The molecule has 0 aliphatic heterocycles. The van der Waals surface area contributed by atoms with Crippen LogP contribution in [0.25, 0.3) is 5.69 Å². The molecule has 2 aromatic rings. The van der Waals surface area contributed by atoms with Crippen LogP contribution in [0, 0.1) is 12.7 Å². The summed E-state index contributed by atoms with van der Waals surface area (Å²) >= 11 is 24.3. The van der Waals surface area contributed by atoms with Crippen molar-refractivity contribution in [1.29, 1.82) is 0 Å². The third-order valence-electron chi connectivity index (χ3n) is 3.18. The lowest BCUT2D eigenvalue weighted by Gasteiger charge is -2.15. The molecule has 0 bridgehead atoms.